The lowest BCUT2D eigenvalue weighted by Gasteiger charge is -2.29. The summed E-state index contributed by atoms with van der Waals surface area (Å²) in [7, 11) is -4.15. The van der Waals surface area contributed by atoms with Crippen molar-refractivity contribution in [1.82, 2.24) is 4.72 Å². The van der Waals surface area contributed by atoms with E-state index in [1.165, 1.54) is 0 Å². The van der Waals surface area contributed by atoms with Crippen molar-refractivity contribution in [1.29, 1.82) is 0 Å². The largest absolute Gasteiger partial charge is 0.394 e. The van der Waals surface area contributed by atoms with Gasteiger partial charge in [-0.25, -0.2) is 17.5 Å². The van der Waals surface area contributed by atoms with Crippen LogP contribution in [0.15, 0.2) is 23.1 Å². The van der Waals surface area contributed by atoms with E-state index in [1.807, 2.05) is 0 Å². The summed E-state index contributed by atoms with van der Waals surface area (Å²) < 4.78 is 39.5. The van der Waals surface area contributed by atoms with E-state index < -0.39 is 39.5 Å². The average molecular weight is 312 g/mol. The Hall–Kier alpha value is -0.730. The van der Waals surface area contributed by atoms with E-state index >= 15 is 0 Å². The summed E-state index contributed by atoms with van der Waals surface area (Å²) in [5, 5.41) is 18.3. The Kier molecular flexibility index (Phi) is 5.28. The Balaban J connectivity index is 3.21. The molecule has 1 rings (SSSR count). The van der Waals surface area contributed by atoms with Crippen LogP contribution in [0.2, 0.25) is 5.02 Å². The summed E-state index contributed by atoms with van der Waals surface area (Å²) in [5.74, 6) is -0.750. The molecule has 19 heavy (non-hydrogen) atoms. The molecule has 3 N–H and O–H groups in total. The van der Waals surface area contributed by atoms with Crippen molar-refractivity contribution in [2.45, 2.75) is 23.8 Å². The molecule has 5 nitrogen and oxygen atoms in total. The second-order valence-corrected chi connectivity index (χ2v) is 6.19. The summed E-state index contributed by atoms with van der Waals surface area (Å²) >= 11 is 5.73. The molecular weight excluding hydrogens is 297 g/mol. The predicted octanol–water partition coefficient (Wildman–Crippen LogP) is 0.891. The monoisotopic (exact) mass is 311 g/mol. The fourth-order valence-electron chi connectivity index (χ4n) is 1.43. The van der Waals surface area contributed by atoms with Crippen LogP contribution in [0.5, 0.6) is 0 Å². The van der Waals surface area contributed by atoms with Crippen LogP contribution in [0.25, 0.3) is 0 Å². The van der Waals surface area contributed by atoms with Crippen LogP contribution in [0.4, 0.5) is 4.39 Å². The van der Waals surface area contributed by atoms with Gasteiger partial charge in [0.1, 0.15) is 10.7 Å². The third kappa shape index (κ3) is 3.64. The molecule has 0 atom stereocenters. The first-order valence-corrected chi connectivity index (χ1v) is 7.37. The maximum Gasteiger partial charge on any atom is 0.242 e. The smallest absolute Gasteiger partial charge is 0.242 e. The molecule has 0 bridgehead atoms. The van der Waals surface area contributed by atoms with Gasteiger partial charge in [0, 0.05) is 0 Å². The van der Waals surface area contributed by atoms with Gasteiger partial charge in [0.15, 0.2) is 0 Å². The number of rotatable bonds is 6. The van der Waals surface area contributed by atoms with E-state index in [1.54, 1.807) is 6.92 Å². The normalized spacial score (nSPS) is 12.7. The molecule has 8 heteroatoms. The Morgan fingerprint density at radius 3 is 2.42 bits per heavy atom. The van der Waals surface area contributed by atoms with Crippen molar-refractivity contribution in [3.05, 3.63) is 29.0 Å². The molecule has 0 unspecified atom stereocenters. The number of hydrogen-bond acceptors (Lipinski definition) is 4. The Morgan fingerprint density at radius 2 is 1.95 bits per heavy atom. The number of hydrogen-bond donors (Lipinski definition) is 3. The first-order chi connectivity index (χ1) is 8.80. The van der Waals surface area contributed by atoms with Gasteiger partial charge < -0.3 is 10.2 Å². The van der Waals surface area contributed by atoms with Gasteiger partial charge in [-0.2, -0.15) is 0 Å². The van der Waals surface area contributed by atoms with Gasteiger partial charge in [0.2, 0.25) is 10.0 Å². The van der Waals surface area contributed by atoms with Crippen molar-refractivity contribution >= 4 is 21.6 Å². The van der Waals surface area contributed by atoms with Gasteiger partial charge in [0.05, 0.1) is 23.8 Å². The Morgan fingerprint density at radius 1 is 1.37 bits per heavy atom. The molecule has 1 aromatic rings. The van der Waals surface area contributed by atoms with Gasteiger partial charge in [-0.1, -0.05) is 18.5 Å². The van der Waals surface area contributed by atoms with Gasteiger partial charge in [0.25, 0.3) is 0 Å². The third-order valence-electron chi connectivity index (χ3n) is 2.82. The maximum atomic E-state index is 13.1. The number of aliphatic hydroxyl groups is 2. The van der Waals surface area contributed by atoms with E-state index in [4.69, 9.17) is 11.6 Å². The molecule has 0 aliphatic heterocycles. The number of halogens is 2. The lowest BCUT2D eigenvalue weighted by atomic mass is 10.0. The quantitative estimate of drug-likeness (QED) is 0.728. The maximum absolute atomic E-state index is 13.1. The minimum atomic E-state index is -4.15. The van der Waals surface area contributed by atoms with Gasteiger partial charge in [-0.05, 0) is 24.6 Å². The van der Waals surface area contributed by atoms with Crippen LogP contribution in [0, 0.1) is 5.82 Å². The van der Waals surface area contributed by atoms with Crippen molar-refractivity contribution < 1.29 is 23.0 Å². The fourth-order valence-corrected chi connectivity index (χ4v) is 3.40. The Labute approximate surface area is 116 Å². The molecule has 0 radical (unpaired) electrons. The highest BCUT2D eigenvalue weighted by atomic mass is 35.5. The Bertz CT molecular complexity index is 537. The molecule has 0 aliphatic rings. The number of nitrogens with one attached hydrogen (secondary N) is 1. The van der Waals surface area contributed by atoms with Gasteiger partial charge >= 0.3 is 0 Å². The van der Waals surface area contributed by atoms with Crippen LogP contribution < -0.4 is 4.72 Å². The van der Waals surface area contributed by atoms with Crippen LogP contribution in [0.3, 0.4) is 0 Å². The summed E-state index contributed by atoms with van der Waals surface area (Å²) in [6.07, 6.45) is 0.159. The van der Waals surface area contributed by atoms with Crippen LogP contribution in [-0.4, -0.2) is 37.4 Å². The first kappa shape index (κ1) is 16.3. The van der Waals surface area contributed by atoms with Gasteiger partial charge in [-0.3, -0.25) is 0 Å². The van der Waals surface area contributed by atoms with E-state index in [2.05, 4.69) is 4.72 Å². The zero-order valence-electron chi connectivity index (χ0n) is 10.2. The van der Waals surface area contributed by atoms with E-state index in [9.17, 15) is 23.0 Å². The summed E-state index contributed by atoms with van der Waals surface area (Å²) in [4.78, 5) is -0.436. The van der Waals surface area contributed by atoms with Crippen LogP contribution >= 0.6 is 11.6 Å². The minimum Gasteiger partial charge on any atom is -0.394 e. The zero-order valence-corrected chi connectivity index (χ0v) is 11.8. The molecule has 0 saturated heterocycles. The highest BCUT2D eigenvalue weighted by molar-refractivity contribution is 7.89. The van der Waals surface area contributed by atoms with E-state index in [0.29, 0.717) is 0 Å². The lowest BCUT2D eigenvalue weighted by molar-refractivity contribution is 0.105. The molecule has 0 amide bonds. The van der Waals surface area contributed by atoms with Crippen molar-refractivity contribution in [2.24, 2.45) is 0 Å². The summed E-state index contributed by atoms with van der Waals surface area (Å²) in [6, 6.07) is 2.93. The van der Waals surface area contributed by atoms with Crippen molar-refractivity contribution in [3.63, 3.8) is 0 Å². The van der Waals surface area contributed by atoms with Crippen LogP contribution in [-0.2, 0) is 10.0 Å². The molecule has 0 heterocycles. The summed E-state index contributed by atoms with van der Waals surface area (Å²) in [5.41, 5.74) is -1.41. The lowest BCUT2D eigenvalue weighted by Crippen LogP contribution is -2.53. The first-order valence-electron chi connectivity index (χ1n) is 5.51. The van der Waals surface area contributed by atoms with Crippen molar-refractivity contribution in [2.75, 3.05) is 13.2 Å². The van der Waals surface area contributed by atoms with Gasteiger partial charge in [-0.15, -0.1) is 0 Å². The molecule has 0 aromatic heterocycles. The van der Waals surface area contributed by atoms with E-state index in [-0.39, 0.29) is 11.4 Å². The number of benzene rings is 1. The molecule has 1 aromatic carbocycles. The highest BCUT2D eigenvalue weighted by Gasteiger charge is 2.33. The summed E-state index contributed by atoms with van der Waals surface area (Å²) in [6.45, 7) is 0.417. The highest BCUT2D eigenvalue weighted by Crippen LogP contribution is 2.24. The van der Waals surface area contributed by atoms with Crippen molar-refractivity contribution in [3.8, 4) is 0 Å². The third-order valence-corrected chi connectivity index (χ3v) is 4.88. The fraction of sp³-hybridized carbons (Fsp3) is 0.455. The number of aliphatic hydroxyl groups excluding tert-OH is 2. The second-order valence-electron chi connectivity index (χ2n) is 4.13. The minimum absolute atomic E-state index is 0.144. The molecular formula is C11H15ClFNO4S. The molecule has 108 valence electrons. The average Bonchev–Trinajstić information content (AvgIpc) is 2.39. The predicted molar refractivity (Wildman–Crippen MR) is 68.9 cm³/mol. The topological polar surface area (TPSA) is 86.6 Å². The molecule has 0 fully saturated rings. The molecule has 0 spiro atoms. The SMILES string of the molecule is CCC(CO)(CO)NS(=O)(=O)c1cc(F)ccc1Cl. The van der Waals surface area contributed by atoms with Crippen LogP contribution in [0.1, 0.15) is 13.3 Å². The van der Waals surface area contributed by atoms with E-state index in [0.717, 1.165) is 18.2 Å². The molecule has 0 saturated carbocycles. The molecule has 0 aliphatic carbocycles. The zero-order chi connectivity index (χ0) is 14.7. The standard InChI is InChI=1S/C11H15ClFNO4S/c1-2-11(6-15,7-16)14-19(17,18)10-5-8(13)3-4-9(10)12/h3-5,14-16H,2,6-7H2,1H3. The second kappa shape index (κ2) is 6.15. The number of sulfonamides is 1.